The van der Waals surface area contributed by atoms with Gasteiger partial charge in [-0.25, -0.2) is 4.98 Å². The van der Waals surface area contributed by atoms with Gasteiger partial charge in [-0.15, -0.1) is 11.3 Å². The predicted molar refractivity (Wildman–Crippen MR) is 111 cm³/mol. The molecule has 0 radical (unpaired) electrons. The van der Waals surface area contributed by atoms with Crippen LogP contribution in [-0.4, -0.2) is 9.55 Å². The molecule has 26 heavy (non-hydrogen) atoms. The monoisotopic (exact) mass is 350 g/mol. The molecule has 0 N–H and O–H groups in total. The van der Waals surface area contributed by atoms with Crippen molar-refractivity contribution in [3.8, 4) is 5.82 Å². The Morgan fingerprint density at radius 3 is 1.96 bits per heavy atom. The summed E-state index contributed by atoms with van der Waals surface area (Å²) in [6, 6.07) is 27.9. The average Bonchev–Trinajstić information content (AvgIpc) is 3.23. The minimum atomic E-state index is 0.974. The van der Waals surface area contributed by atoms with Crippen molar-refractivity contribution >= 4 is 53.3 Å². The van der Waals surface area contributed by atoms with Gasteiger partial charge in [0.2, 0.25) is 0 Å². The number of fused-ring (bicyclic) bond motifs is 6. The highest BCUT2D eigenvalue weighted by Crippen LogP contribution is 2.36. The van der Waals surface area contributed by atoms with Crippen LogP contribution in [0.15, 0.2) is 85.1 Å². The van der Waals surface area contributed by atoms with Crippen LogP contribution in [-0.2, 0) is 0 Å². The summed E-state index contributed by atoms with van der Waals surface area (Å²) in [6.45, 7) is 0. The second kappa shape index (κ2) is 5.16. The lowest BCUT2D eigenvalue weighted by Crippen LogP contribution is -1.96. The summed E-state index contributed by atoms with van der Waals surface area (Å²) in [6.07, 6.45) is 2.02. The first kappa shape index (κ1) is 14.0. The Bertz CT molecular complexity index is 1390. The van der Waals surface area contributed by atoms with E-state index < -0.39 is 0 Å². The molecule has 0 saturated carbocycles. The third-order valence-electron chi connectivity index (χ3n) is 5.06. The van der Waals surface area contributed by atoms with E-state index in [1.165, 1.54) is 42.0 Å². The summed E-state index contributed by atoms with van der Waals surface area (Å²) < 4.78 is 4.86. The molecule has 0 aliphatic rings. The molecule has 3 aromatic heterocycles. The first-order valence-electron chi connectivity index (χ1n) is 8.66. The van der Waals surface area contributed by atoms with Gasteiger partial charge in [0.1, 0.15) is 5.82 Å². The van der Waals surface area contributed by atoms with Crippen molar-refractivity contribution in [1.82, 2.24) is 9.55 Å². The van der Waals surface area contributed by atoms with Gasteiger partial charge >= 0.3 is 0 Å². The van der Waals surface area contributed by atoms with Crippen molar-refractivity contribution in [1.29, 1.82) is 0 Å². The molecule has 0 saturated heterocycles. The van der Waals surface area contributed by atoms with E-state index in [0.717, 1.165) is 5.82 Å². The minimum Gasteiger partial charge on any atom is -0.294 e. The highest BCUT2D eigenvalue weighted by molar-refractivity contribution is 7.25. The van der Waals surface area contributed by atoms with Crippen molar-refractivity contribution in [3.05, 3.63) is 85.1 Å². The Morgan fingerprint density at radius 2 is 1.23 bits per heavy atom. The Morgan fingerprint density at radius 1 is 0.615 bits per heavy atom. The molecule has 0 fully saturated rings. The van der Waals surface area contributed by atoms with E-state index in [1.807, 2.05) is 17.5 Å². The number of thiophene rings is 1. The number of pyridine rings is 1. The van der Waals surface area contributed by atoms with Gasteiger partial charge in [0.15, 0.2) is 0 Å². The van der Waals surface area contributed by atoms with Gasteiger partial charge in [-0.05, 0) is 24.3 Å². The summed E-state index contributed by atoms with van der Waals surface area (Å²) in [7, 11) is 0. The van der Waals surface area contributed by atoms with Crippen LogP contribution in [0.25, 0.3) is 47.8 Å². The first-order valence-corrected chi connectivity index (χ1v) is 9.48. The Kier molecular flexibility index (Phi) is 2.79. The summed E-state index contributed by atoms with van der Waals surface area (Å²) >= 11 is 1.83. The second-order valence-corrected chi connectivity index (χ2v) is 7.59. The third-order valence-corrected chi connectivity index (χ3v) is 6.19. The van der Waals surface area contributed by atoms with Crippen LogP contribution in [0, 0.1) is 0 Å². The van der Waals surface area contributed by atoms with Crippen LogP contribution in [0.2, 0.25) is 0 Å². The smallest absolute Gasteiger partial charge is 0.138 e. The fourth-order valence-electron chi connectivity index (χ4n) is 3.90. The van der Waals surface area contributed by atoms with E-state index in [0.29, 0.717) is 0 Å². The molecule has 3 aromatic carbocycles. The molecule has 0 amide bonds. The van der Waals surface area contributed by atoms with E-state index >= 15 is 0 Å². The molecular weight excluding hydrogens is 336 g/mol. The Hall–Kier alpha value is -3.17. The zero-order chi connectivity index (χ0) is 17.1. The highest BCUT2D eigenvalue weighted by atomic mass is 32.1. The number of hydrogen-bond donors (Lipinski definition) is 0. The van der Waals surface area contributed by atoms with Crippen molar-refractivity contribution < 1.29 is 0 Å². The van der Waals surface area contributed by atoms with Crippen molar-refractivity contribution in [3.63, 3.8) is 0 Å². The third kappa shape index (κ3) is 1.83. The molecule has 0 unspecified atom stereocenters. The van der Waals surface area contributed by atoms with Crippen LogP contribution in [0.4, 0.5) is 0 Å². The molecule has 122 valence electrons. The molecule has 6 rings (SSSR count). The van der Waals surface area contributed by atoms with E-state index in [2.05, 4.69) is 83.4 Å². The quantitative estimate of drug-likeness (QED) is 0.329. The van der Waals surface area contributed by atoms with Gasteiger partial charge in [0, 0.05) is 37.1 Å². The van der Waals surface area contributed by atoms with Crippen LogP contribution in [0.3, 0.4) is 0 Å². The van der Waals surface area contributed by atoms with Crippen LogP contribution < -0.4 is 0 Å². The van der Waals surface area contributed by atoms with Gasteiger partial charge in [-0.1, -0.05) is 54.6 Å². The van der Waals surface area contributed by atoms with Gasteiger partial charge in [0.25, 0.3) is 0 Å². The number of benzene rings is 3. The minimum absolute atomic E-state index is 0.974. The van der Waals surface area contributed by atoms with Crippen molar-refractivity contribution in [2.24, 2.45) is 0 Å². The number of para-hydroxylation sites is 2. The average molecular weight is 350 g/mol. The first-order chi connectivity index (χ1) is 12.9. The van der Waals surface area contributed by atoms with Gasteiger partial charge in [-0.2, -0.15) is 0 Å². The summed E-state index contributed by atoms with van der Waals surface area (Å²) in [5.41, 5.74) is 2.39. The van der Waals surface area contributed by atoms with Gasteiger partial charge in [-0.3, -0.25) is 4.57 Å². The number of rotatable bonds is 1. The molecule has 0 atom stereocenters. The van der Waals surface area contributed by atoms with Gasteiger partial charge in [0.05, 0.1) is 11.0 Å². The lowest BCUT2D eigenvalue weighted by Gasteiger charge is -2.06. The number of nitrogens with zero attached hydrogens (tertiary/aromatic N) is 2. The molecule has 0 bridgehead atoms. The number of aromatic nitrogens is 2. The zero-order valence-corrected chi connectivity index (χ0v) is 14.7. The van der Waals surface area contributed by atoms with E-state index in [-0.39, 0.29) is 0 Å². The van der Waals surface area contributed by atoms with Crippen molar-refractivity contribution in [2.75, 3.05) is 0 Å². The molecule has 3 heteroatoms. The fraction of sp³-hybridized carbons (Fsp3) is 0. The van der Waals surface area contributed by atoms with Gasteiger partial charge < -0.3 is 0 Å². The van der Waals surface area contributed by atoms with Crippen molar-refractivity contribution in [2.45, 2.75) is 0 Å². The summed E-state index contributed by atoms with van der Waals surface area (Å²) in [5, 5.41) is 5.05. The fourth-order valence-corrected chi connectivity index (χ4v) is 5.01. The normalized spacial score (nSPS) is 11.8. The number of hydrogen-bond acceptors (Lipinski definition) is 2. The molecule has 0 spiro atoms. The molecule has 0 aliphatic carbocycles. The SMILES string of the molecule is c1ccc2c(c1)sc1cc(-n3c4ccccc4c4ccccc43)ncc12. The molecule has 0 aliphatic heterocycles. The Balaban J connectivity index is 1.73. The highest BCUT2D eigenvalue weighted by Gasteiger charge is 2.13. The standard InChI is InChI=1S/C23H14N2S/c1-4-10-19-15(7-1)16-8-2-5-11-20(16)25(19)23-13-22-18(14-24-23)17-9-3-6-12-21(17)26-22/h1-14H. The van der Waals surface area contributed by atoms with Crippen LogP contribution >= 0.6 is 11.3 Å². The molecular formula is C23H14N2S. The maximum Gasteiger partial charge on any atom is 0.138 e. The molecule has 3 heterocycles. The topological polar surface area (TPSA) is 17.8 Å². The van der Waals surface area contributed by atoms with Crippen LogP contribution in [0.1, 0.15) is 0 Å². The molecule has 2 nitrogen and oxygen atoms in total. The predicted octanol–water partition coefficient (Wildman–Crippen LogP) is 6.55. The maximum absolute atomic E-state index is 4.84. The Labute approximate surface area is 153 Å². The largest absolute Gasteiger partial charge is 0.294 e. The zero-order valence-electron chi connectivity index (χ0n) is 13.9. The molecule has 6 aromatic rings. The maximum atomic E-state index is 4.84. The van der Waals surface area contributed by atoms with E-state index in [4.69, 9.17) is 4.98 Å². The summed E-state index contributed by atoms with van der Waals surface area (Å²) in [4.78, 5) is 4.84. The lowest BCUT2D eigenvalue weighted by atomic mass is 10.2. The lowest BCUT2D eigenvalue weighted by molar-refractivity contribution is 1.09. The second-order valence-electron chi connectivity index (χ2n) is 6.51. The van der Waals surface area contributed by atoms with E-state index in [1.54, 1.807) is 0 Å². The van der Waals surface area contributed by atoms with E-state index in [9.17, 15) is 0 Å². The van der Waals surface area contributed by atoms with Crippen LogP contribution in [0.5, 0.6) is 0 Å². The summed E-state index contributed by atoms with van der Waals surface area (Å²) in [5.74, 6) is 0.974.